The number of rotatable bonds is 7. The predicted molar refractivity (Wildman–Crippen MR) is 153 cm³/mol. The molecule has 1 atom stereocenters. The van der Waals surface area contributed by atoms with Crippen LogP contribution in [-0.2, 0) is 4.74 Å². The molecule has 4 heteroatoms. The minimum atomic E-state index is -2.95. The van der Waals surface area contributed by atoms with Crippen LogP contribution in [0.4, 0.5) is 0 Å². The quantitative estimate of drug-likeness (QED) is 0.140. The summed E-state index contributed by atoms with van der Waals surface area (Å²) >= 11 is 3.46. The highest BCUT2D eigenvalue weighted by Crippen LogP contribution is 2.30. The molecule has 0 saturated carbocycles. The maximum atomic E-state index is 13.7. The minimum Gasteiger partial charge on any atom is -0.457 e. The molecule has 0 saturated heterocycles. The van der Waals surface area contributed by atoms with Gasteiger partial charge in [-0.2, -0.15) is 0 Å². The molecule has 176 valence electrons. The summed E-state index contributed by atoms with van der Waals surface area (Å²) in [4.78, 5) is 13.7. The topological polar surface area (TPSA) is 26.3 Å². The van der Waals surface area contributed by atoms with E-state index < -0.39 is 13.8 Å². The zero-order chi connectivity index (χ0) is 24.8. The van der Waals surface area contributed by atoms with Crippen LogP contribution in [0.3, 0.4) is 0 Å². The Bertz CT molecular complexity index is 1310. The molecule has 0 aliphatic carbocycles. The Hall–Kier alpha value is -3.73. The van der Waals surface area contributed by atoms with E-state index >= 15 is 0 Å². The summed E-state index contributed by atoms with van der Waals surface area (Å²) in [5.41, 5.74) is 1.00. The van der Waals surface area contributed by atoms with Crippen molar-refractivity contribution in [3.8, 4) is 0 Å². The highest BCUT2D eigenvalue weighted by molar-refractivity contribution is 9.10. The second kappa shape index (κ2) is 10.9. The molecule has 5 aromatic rings. The summed E-state index contributed by atoms with van der Waals surface area (Å²) in [6, 6.07) is 49.0. The first-order chi connectivity index (χ1) is 17.7. The number of halogens is 1. The van der Waals surface area contributed by atoms with Gasteiger partial charge in [-0.15, -0.1) is 0 Å². The first kappa shape index (κ1) is 24.0. The molecule has 0 aliphatic rings. The van der Waals surface area contributed by atoms with Crippen LogP contribution in [0.1, 0.15) is 21.6 Å². The summed E-state index contributed by atoms with van der Waals surface area (Å²) in [6.45, 7) is 0. The molecule has 0 N–H and O–H groups in total. The van der Waals surface area contributed by atoms with E-state index in [-0.39, 0.29) is 5.97 Å². The lowest BCUT2D eigenvalue weighted by Gasteiger charge is -2.40. The summed E-state index contributed by atoms with van der Waals surface area (Å²) in [7, 11) is -2.95. The molecule has 5 rings (SSSR count). The van der Waals surface area contributed by atoms with Crippen LogP contribution in [0.2, 0.25) is 0 Å². The maximum Gasteiger partial charge on any atom is 0.338 e. The van der Waals surface area contributed by atoms with Gasteiger partial charge in [-0.05, 0) is 45.4 Å². The van der Waals surface area contributed by atoms with E-state index in [1.165, 1.54) is 15.6 Å². The molecule has 0 spiro atoms. The van der Waals surface area contributed by atoms with E-state index in [4.69, 9.17) is 4.74 Å². The van der Waals surface area contributed by atoms with E-state index in [9.17, 15) is 4.79 Å². The Kier molecular flexibility index (Phi) is 7.26. The Morgan fingerprint density at radius 2 is 0.944 bits per heavy atom. The number of carbonyl (C=O) groups is 1. The Labute approximate surface area is 221 Å². The fourth-order valence-electron chi connectivity index (χ4n) is 4.85. The van der Waals surface area contributed by atoms with Gasteiger partial charge in [0.25, 0.3) is 0 Å². The van der Waals surface area contributed by atoms with Gasteiger partial charge in [0.1, 0.15) is 5.73 Å². The molecule has 0 unspecified atom stereocenters. The van der Waals surface area contributed by atoms with E-state index in [0.29, 0.717) is 5.56 Å². The van der Waals surface area contributed by atoms with Gasteiger partial charge in [-0.3, -0.25) is 0 Å². The van der Waals surface area contributed by atoms with Crippen LogP contribution in [-0.4, -0.2) is 14.0 Å². The standard InChI is InChI=1S/C32H25BrO2Si/c33-27-23-21-25(22-24-27)31(34)35-32(26-13-5-1-6-14-26)36(28-15-7-2-8-16-28,29-17-9-3-10-18-29)30-19-11-4-12-20-30/h1-24,32H/t32-/m0/s1. The largest absolute Gasteiger partial charge is 0.457 e. The van der Waals surface area contributed by atoms with E-state index in [1.54, 1.807) is 12.1 Å². The van der Waals surface area contributed by atoms with E-state index in [0.717, 1.165) is 10.0 Å². The third kappa shape index (κ3) is 4.70. The third-order valence-electron chi connectivity index (χ3n) is 6.49. The van der Waals surface area contributed by atoms with E-state index in [1.807, 2.05) is 48.5 Å². The molecule has 0 bridgehead atoms. The zero-order valence-corrected chi connectivity index (χ0v) is 22.2. The molecule has 0 aliphatic heterocycles. The maximum absolute atomic E-state index is 13.7. The monoisotopic (exact) mass is 548 g/mol. The van der Waals surface area contributed by atoms with Crippen LogP contribution in [0.25, 0.3) is 0 Å². The molecule has 0 aromatic heterocycles. The summed E-state index contributed by atoms with van der Waals surface area (Å²) in [5, 5.41) is 3.54. The van der Waals surface area contributed by atoms with Crippen molar-refractivity contribution < 1.29 is 9.53 Å². The van der Waals surface area contributed by atoms with Crippen molar-refractivity contribution in [2.75, 3.05) is 0 Å². The van der Waals surface area contributed by atoms with E-state index in [2.05, 4.69) is 101 Å². The fraction of sp³-hybridized carbons (Fsp3) is 0.0312. The summed E-state index contributed by atoms with van der Waals surface area (Å²) < 4.78 is 7.52. The normalized spacial score (nSPS) is 12.0. The second-order valence-electron chi connectivity index (χ2n) is 8.61. The molecular weight excluding hydrogens is 524 g/mol. The molecule has 5 aromatic carbocycles. The van der Waals surface area contributed by atoms with Gasteiger partial charge in [0.05, 0.1) is 5.56 Å². The van der Waals surface area contributed by atoms with Crippen molar-refractivity contribution in [1.29, 1.82) is 0 Å². The summed E-state index contributed by atoms with van der Waals surface area (Å²) in [6.07, 6.45) is 0. The fourth-order valence-corrected chi connectivity index (χ4v) is 10.2. The molecular formula is C32H25BrO2Si. The molecule has 0 radical (unpaired) electrons. The molecule has 2 nitrogen and oxygen atoms in total. The van der Waals surface area contributed by atoms with Crippen LogP contribution in [0.5, 0.6) is 0 Å². The van der Waals surface area contributed by atoms with Crippen molar-refractivity contribution in [1.82, 2.24) is 0 Å². The number of hydrogen-bond acceptors (Lipinski definition) is 2. The van der Waals surface area contributed by atoms with Gasteiger partial charge < -0.3 is 4.74 Å². The van der Waals surface area contributed by atoms with Gasteiger partial charge >= 0.3 is 5.97 Å². The van der Waals surface area contributed by atoms with Crippen LogP contribution in [0, 0.1) is 0 Å². The minimum absolute atomic E-state index is 0.337. The number of benzene rings is 5. The van der Waals surface area contributed by atoms with Crippen LogP contribution >= 0.6 is 15.9 Å². The number of ether oxygens (including phenoxy) is 1. The smallest absolute Gasteiger partial charge is 0.338 e. The Morgan fingerprint density at radius 3 is 1.36 bits per heavy atom. The van der Waals surface area contributed by atoms with Gasteiger partial charge in [0.2, 0.25) is 0 Å². The lowest BCUT2D eigenvalue weighted by atomic mass is 10.2. The second-order valence-corrected chi connectivity index (χ2v) is 13.4. The molecule has 0 heterocycles. The van der Waals surface area contributed by atoms with Crippen molar-refractivity contribution in [2.45, 2.75) is 5.73 Å². The Balaban J connectivity index is 1.80. The summed E-state index contributed by atoms with van der Waals surface area (Å²) in [5.74, 6) is -0.337. The average Bonchev–Trinajstić information content (AvgIpc) is 2.95. The first-order valence-corrected chi connectivity index (χ1v) is 14.7. The SMILES string of the molecule is O=C(O[C@H](c1ccccc1)[Si](c1ccccc1)(c1ccccc1)c1ccccc1)c1ccc(Br)cc1. The zero-order valence-electron chi connectivity index (χ0n) is 19.6. The van der Waals surface area contributed by atoms with Crippen molar-refractivity contribution in [2.24, 2.45) is 0 Å². The van der Waals surface area contributed by atoms with Crippen molar-refractivity contribution in [3.05, 3.63) is 161 Å². The van der Waals surface area contributed by atoms with Crippen molar-refractivity contribution >= 4 is 45.5 Å². The highest BCUT2D eigenvalue weighted by Gasteiger charge is 2.50. The predicted octanol–water partition coefficient (Wildman–Crippen LogP) is 6.06. The molecule has 0 amide bonds. The molecule has 0 fully saturated rings. The highest BCUT2D eigenvalue weighted by atomic mass is 79.9. The third-order valence-corrected chi connectivity index (χ3v) is 12.0. The van der Waals surface area contributed by atoms with Gasteiger partial charge in [-0.1, -0.05) is 137 Å². The van der Waals surface area contributed by atoms with Crippen molar-refractivity contribution in [3.63, 3.8) is 0 Å². The number of esters is 1. The number of carbonyl (C=O) groups excluding carboxylic acids is 1. The number of hydrogen-bond donors (Lipinski definition) is 0. The van der Waals surface area contributed by atoms with Crippen LogP contribution < -0.4 is 15.6 Å². The van der Waals surface area contributed by atoms with Gasteiger partial charge in [-0.25, -0.2) is 4.79 Å². The lowest BCUT2D eigenvalue weighted by Crippen LogP contribution is -2.71. The Morgan fingerprint density at radius 1 is 0.556 bits per heavy atom. The van der Waals surface area contributed by atoms with Gasteiger partial charge in [0.15, 0.2) is 8.07 Å². The average molecular weight is 550 g/mol. The molecule has 36 heavy (non-hydrogen) atoms. The lowest BCUT2D eigenvalue weighted by molar-refractivity contribution is 0.0433. The first-order valence-electron chi connectivity index (χ1n) is 11.9. The van der Waals surface area contributed by atoms with Crippen LogP contribution in [0.15, 0.2) is 150 Å². The van der Waals surface area contributed by atoms with Gasteiger partial charge in [0, 0.05) is 4.47 Å².